The van der Waals surface area contributed by atoms with Crippen molar-refractivity contribution in [2.45, 2.75) is 31.9 Å². The molecule has 1 aromatic rings. The lowest BCUT2D eigenvalue weighted by Crippen LogP contribution is -2.55. The van der Waals surface area contributed by atoms with Crippen LogP contribution in [0.15, 0.2) is 29.3 Å². The molecule has 2 atom stereocenters. The van der Waals surface area contributed by atoms with E-state index in [1.807, 2.05) is 4.90 Å². The number of aliphatic imine (C=N–C) groups is 1. The average Bonchev–Trinajstić information content (AvgIpc) is 3.54. The highest BCUT2D eigenvalue weighted by Gasteiger charge is 2.31. The van der Waals surface area contributed by atoms with Gasteiger partial charge in [-0.25, -0.2) is 4.99 Å². The van der Waals surface area contributed by atoms with Crippen molar-refractivity contribution < 1.29 is 19.2 Å². The zero-order chi connectivity index (χ0) is 22.3. The van der Waals surface area contributed by atoms with Crippen LogP contribution >= 0.6 is 24.0 Å². The maximum absolute atomic E-state index is 12.6. The number of nitrogens with zero attached hydrogens (tertiary/aromatic N) is 4. The van der Waals surface area contributed by atoms with Crippen LogP contribution in [0.25, 0.3) is 0 Å². The molecule has 1 aromatic carbocycles. The van der Waals surface area contributed by atoms with E-state index in [2.05, 4.69) is 10.2 Å². The molecule has 182 valence electrons. The highest BCUT2D eigenvalue weighted by Crippen LogP contribution is 2.17. The van der Waals surface area contributed by atoms with Crippen molar-refractivity contribution in [2.24, 2.45) is 10.9 Å². The third-order valence-electron chi connectivity index (χ3n) is 6.23. The van der Waals surface area contributed by atoms with Crippen LogP contribution in [0.1, 0.15) is 24.8 Å². The Morgan fingerprint density at radius 2 is 1.85 bits per heavy atom. The third-order valence-corrected chi connectivity index (χ3v) is 6.23. The number of carbonyl (C=O) groups excluding carboxylic acids is 1. The summed E-state index contributed by atoms with van der Waals surface area (Å²) in [6.45, 7) is 6.12. The first-order chi connectivity index (χ1) is 15.6. The van der Waals surface area contributed by atoms with E-state index in [9.17, 15) is 14.9 Å². The maximum atomic E-state index is 12.6. The van der Waals surface area contributed by atoms with Crippen molar-refractivity contribution in [3.63, 3.8) is 0 Å². The van der Waals surface area contributed by atoms with Gasteiger partial charge in [0.15, 0.2) is 5.96 Å². The van der Waals surface area contributed by atoms with Gasteiger partial charge in [-0.1, -0.05) is 12.1 Å². The molecule has 0 bridgehead atoms. The number of nitrogens with one attached hydrogen (secondary N) is 1. The lowest BCUT2D eigenvalue weighted by atomic mass is 10.1. The van der Waals surface area contributed by atoms with Crippen LogP contribution in [0.4, 0.5) is 5.69 Å². The van der Waals surface area contributed by atoms with Crippen molar-refractivity contribution >= 4 is 41.5 Å². The molecule has 3 saturated heterocycles. The largest absolute Gasteiger partial charge is 0.381 e. The monoisotopic (exact) mass is 573 g/mol. The highest BCUT2D eigenvalue weighted by atomic mass is 127. The maximum Gasteiger partial charge on any atom is 0.269 e. The Labute approximate surface area is 210 Å². The molecule has 0 aliphatic carbocycles. The number of carbonyl (C=O) groups is 1. The van der Waals surface area contributed by atoms with Gasteiger partial charge in [0.2, 0.25) is 0 Å². The summed E-state index contributed by atoms with van der Waals surface area (Å²) in [7, 11) is 0. The summed E-state index contributed by atoms with van der Waals surface area (Å²) in [5.41, 5.74) is 0.982. The molecule has 1 N–H and O–H groups in total. The van der Waals surface area contributed by atoms with E-state index in [-0.39, 0.29) is 41.7 Å². The van der Waals surface area contributed by atoms with Crippen molar-refractivity contribution in [1.29, 1.82) is 0 Å². The minimum Gasteiger partial charge on any atom is -0.381 e. The Bertz CT molecular complexity index is 817. The van der Waals surface area contributed by atoms with E-state index >= 15 is 0 Å². The Balaban J connectivity index is 0.00000306. The molecule has 3 heterocycles. The SMILES string of the molecule is I.O=C(C1CCCO1)N1CCN(C(=NCc2ccc([N+](=O)[O-])cc2)NCC2CCOC2)CC1. The molecule has 3 aliphatic heterocycles. The molecule has 3 fully saturated rings. The first kappa shape index (κ1) is 25.6. The number of nitro groups is 1. The molecule has 0 aromatic heterocycles. The van der Waals surface area contributed by atoms with Crippen LogP contribution in [0, 0.1) is 16.0 Å². The molecule has 0 saturated carbocycles. The van der Waals surface area contributed by atoms with Gasteiger partial charge in [-0.2, -0.15) is 0 Å². The minimum absolute atomic E-state index is 0. The van der Waals surface area contributed by atoms with Gasteiger partial charge in [0.1, 0.15) is 6.10 Å². The number of halogens is 1. The Morgan fingerprint density at radius 1 is 1.12 bits per heavy atom. The standard InChI is InChI=1S/C22H31N5O5.HI/c28-21(20-2-1-12-32-20)25-8-10-26(11-9-25)22(24-15-18-7-13-31-16-18)23-14-17-3-5-19(6-4-17)27(29)30;/h3-6,18,20H,1-2,7-16H2,(H,23,24);1H. The molecular formula is C22H32IN5O5. The van der Waals surface area contributed by atoms with Crippen LogP contribution < -0.4 is 5.32 Å². The fourth-order valence-corrected chi connectivity index (χ4v) is 4.25. The summed E-state index contributed by atoms with van der Waals surface area (Å²) in [6, 6.07) is 6.48. The normalized spacial score (nSPS) is 23.3. The van der Waals surface area contributed by atoms with E-state index < -0.39 is 4.92 Å². The second-order valence-corrected chi connectivity index (χ2v) is 8.49. The van der Waals surface area contributed by atoms with Crippen molar-refractivity contribution in [3.05, 3.63) is 39.9 Å². The number of hydrogen-bond donors (Lipinski definition) is 1. The quantitative estimate of drug-likeness (QED) is 0.182. The number of amides is 1. The molecule has 2 unspecified atom stereocenters. The minimum atomic E-state index is -0.402. The zero-order valence-electron chi connectivity index (χ0n) is 18.7. The average molecular weight is 573 g/mol. The summed E-state index contributed by atoms with van der Waals surface area (Å²) in [5, 5.41) is 14.4. The van der Waals surface area contributed by atoms with Gasteiger partial charge < -0.3 is 24.6 Å². The number of guanidine groups is 1. The molecular weight excluding hydrogens is 541 g/mol. The lowest BCUT2D eigenvalue weighted by Gasteiger charge is -2.37. The number of nitro benzene ring substituents is 1. The van der Waals surface area contributed by atoms with Gasteiger partial charge in [0.05, 0.1) is 18.1 Å². The van der Waals surface area contributed by atoms with E-state index in [0.717, 1.165) is 50.5 Å². The van der Waals surface area contributed by atoms with Crippen molar-refractivity contribution in [1.82, 2.24) is 15.1 Å². The number of rotatable bonds is 6. The van der Waals surface area contributed by atoms with E-state index in [1.165, 1.54) is 12.1 Å². The smallest absolute Gasteiger partial charge is 0.269 e. The van der Waals surface area contributed by atoms with Gasteiger partial charge in [0.25, 0.3) is 11.6 Å². The van der Waals surface area contributed by atoms with Crippen LogP contribution in [-0.4, -0.2) is 85.2 Å². The topological polar surface area (TPSA) is 110 Å². The van der Waals surface area contributed by atoms with Gasteiger partial charge in [-0.3, -0.25) is 14.9 Å². The third kappa shape index (κ3) is 7.00. The van der Waals surface area contributed by atoms with Crippen LogP contribution in [0.2, 0.25) is 0 Å². The molecule has 0 radical (unpaired) electrons. The van der Waals surface area contributed by atoms with E-state index in [0.29, 0.717) is 45.2 Å². The van der Waals surface area contributed by atoms with Crippen LogP contribution in [0.3, 0.4) is 0 Å². The summed E-state index contributed by atoms with van der Waals surface area (Å²) >= 11 is 0. The second kappa shape index (κ2) is 12.5. The fourth-order valence-electron chi connectivity index (χ4n) is 4.25. The van der Waals surface area contributed by atoms with Crippen molar-refractivity contribution in [2.75, 3.05) is 52.5 Å². The molecule has 3 aliphatic rings. The Kier molecular flexibility index (Phi) is 9.68. The van der Waals surface area contributed by atoms with Crippen LogP contribution in [0.5, 0.6) is 0 Å². The summed E-state index contributed by atoms with van der Waals surface area (Å²) < 4.78 is 11.0. The lowest BCUT2D eigenvalue weighted by molar-refractivity contribution is -0.384. The number of non-ortho nitro benzene ring substituents is 1. The highest BCUT2D eigenvalue weighted by molar-refractivity contribution is 14.0. The van der Waals surface area contributed by atoms with Gasteiger partial charge in [-0.05, 0) is 24.8 Å². The number of hydrogen-bond acceptors (Lipinski definition) is 6. The number of benzene rings is 1. The molecule has 1 amide bonds. The number of ether oxygens (including phenoxy) is 2. The zero-order valence-corrected chi connectivity index (χ0v) is 21.0. The summed E-state index contributed by atoms with van der Waals surface area (Å²) in [5.74, 6) is 1.36. The Morgan fingerprint density at radius 3 is 2.45 bits per heavy atom. The summed E-state index contributed by atoms with van der Waals surface area (Å²) in [6.07, 6.45) is 2.51. The molecule has 33 heavy (non-hydrogen) atoms. The molecule has 4 rings (SSSR count). The second-order valence-electron chi connectivity index (χ2n) is 8.49. The molecule has 0 spiro atoms. The van der Waals surface area contributed by atoms with E-state index in [1.54, 1.807) is 12.1 Å². The van der Waals surface area contributed by atoms with E-state index in [4.69, 9.17) is 14.5 Å². The van der Waals surface area contributed by atoms with Gasteiger partial charge >= 0.3 is 0 Å². The molecule has 10 nitrogen and oxygen atoms in total. The van der Waals surface area contributed by atoms with Crippen LogP contribution in [-0.2, 0) is 20.8 Å². The molecule has 11 heteroatoms. The predicted molar refractivity (Wildman–Crippen MR) is 134 cm³/mol. The Hall–Kier alpha value is -1.99. The van der Waals surface area contributed by atoms with Gasteiger partial charge in [0, 0.05) is 64.0 Å². The van der Waals surface area contributed by atoms with Gasteiger partial charge in [-0.15, -0.1) is 24.0 Å². The first-order valence-corrected chi connectivity index (χ1v) is 11.3. The first-order valence-electron chi connectivity index (χ1n) is 11.3. The predicted octanol–water partition coefficient (Wildman–Crippen LogP) is 2.02. The fraction of sp³-hybridized carbons (Fsp3) is 0.636. The number of piperazine rings is 1. The summed E-state index contributed by atoms with van der Waals surface area (Å²) in [4.78, 5) is 32.0. The van der Waals surface area contributed by atoms with Crippen molar-refractivity contribution in [3.8, 4) is 0 Å².